The molecule has 0 aliphatic rings. The lowest BCUT2D eigenvalue weighted by Crippen LogP contribution is -1.96. The van der Waals surface area contributed by atoms with Gasteiger partial charge in [-0.3, -0.25) is 4.68 Å². The fourth-order valence-electron chi connectivity index (χ4n) is 0.918. The molecule has 0 unspecified atom stereocenters. The van der Waals surface area contributed by atoms with Gasteiger partial charge in [-0.05, 0) is 6.92 Å². The van der Waals surface area contributed by atoms with E-state index in [1.165, 1.54) is 0 Å². The van der Waals surface area contributed by atoms with Crippen LogP contribution >= 0.6 is 11.6 Å². The van der Waals surface area contributed by atoms with Crippen molar-refractivity contribution in [1.29, 1.82) is 0 Å². The van der Waals surface area contributed by atoms with Gasteiger partial charge in [-0.25, -0.2) is 0 Å². The van der Waals surface area contributed by atoms with Gasteiger partial charge in [0.1, 0.15) is 5.15 Å². The van der Waals surface area contributed by atoms with Crippen LogP contribution in [-0.2, 0) is 13.0 Å². The Morgan fingerprint density at radius 1 is 1.73 bits per heavy atom. The summed E-state index contributed by atoms with van der Waals surface area (Å²) in [6.07, 6.45) is 2.28. The molecular formula is C7H11ClN2O. The summed E-state index contributed by atoms with van der Waals surface area (Å²) in [6.45, 7) is 2.86. The number of aliphatic hydroxyl groups excluding tert-OH is 1. The molecule has 0 spiro atoms. The Labute approximate surface area is 70.6 Å². The number of aliphatic hydroxyl groups is 1. The maximum absolute atomic E-state index is 8.63. The topological polar surface area (TPSA) is 38.0 Å². The first-order valence-corrected chi connectivity index (χ1v) is 3.98. The highest BCUT2D eigenvalue weighted by Gasteiger charge is 2.05. The van der Waals surface area contributed by atoms with E-state index in [0.717, 1.165) is 12.1 Å². The van der Waals surface area contributed by atoms with Crippen molar-refractivity contribution in [2.45, 2.75) is 19.9 Å². The number of rotatable bonds is 3. The second kappa shape index (κ2) is 3.74. The standard InChI is InChI=1S/C7H11ClN2O/c1-2-10-7(8)6(3-4-11)5-9-10/h5,11H,2-4H2,1H3. The number of aromatic nitrogens is 2. The molecule has 1 aromatic rings. The molecule has 0 aromatic carbocycles. The van der Waals surface area contributed by atoms with Gasteiger partial charge in [0.2, 0.25) is 0 Å². The Morgan fingerprint density at radius 2 is 2.45 bits per heavy atom. The van der Waals surface area contributed by atoms with Crippen LogP contribution in [0.15, 0.2) is 6.20 Å². The summed E-state index contributed by atoms with van der Waals surface area (Å²) in [5.74, 6) is 0. The average molecular weight is 175 g/mol. The van der Waals surface area contributed by atoms with Gasteiger partial charge >= 0.3 is 0 Å². The van der Waals surface area contributed by atoms with E-state index < -0.39 is 0 Å². The number of hydrogen-bond donors (Lipinski definition) is 1. The predicted octanol–water partition coefficient (Wildman–Crippen LogP) is 1.09. The van der Waals surface area contributed by atoms with Crippen LogP contribution in [0.1, 0.15) is 12.5 Å². The number of nitrogens with zero attached hydrogens (tertiary/aromatic N) is 2. The van der Waals surface area contributed by atoms with Crippen molar-refractivity contribution in [3.8, 4) is 0 Å². The molecule has 0 radical (unpaired) electrons. The first kappa shape index (κ1) is 8.56. The molecule has 0 fully saturated rings. The summed E-state index contributed by atoms with van der Waals surface area (Å²) in [7, 11) is 0. The van der Waals surface area contributed by atoms with E-state index >= 15 is 0 Å². The van der Waals surface area contributed by atoms with Crippen LogP contribution in [0.2, 0.25) is 5.15 Å². The van der Waals surface area contributed by atoms with E-state index in [-0.39, 0.29) is 6.61 Å². The Hall–Kier alpha value is -0.540. The van der Waals surface area contributed by atoms with Gasteiger partial charge < -0.3 is 5.11 Å². The van der Waals surface area contributed by atoms with Crippen molar-refractivity contribution in [2.24, 2.45) is 0 Å². The first-order valence-electron chi connectivity index (χ1n) is 3.60. The zero-order chi connectivity index (χ0) is 8.27. The van der Waals surface area contributed by atoms with Crippen molar-refractivity contribution in [1.82, 2.24) is 9.78 Å². The fourth-order valence-corrected chi connectivity index (χ4v) is 1.22. The van der Waals surface area contributed by atoms with Gasteiger partial charge in [0.15, 0.2) is 0 Å². The average Bonchev–Trinajstić information content (AvgIpc) is 2.34. The molecule has 0 saturated heterocycles. The largest absolute Gasteiger partial charge is 0.396 e. The van der Waals surface area contributed by atoms with Crippen LogP contribution in [0.25, 0.3) is 0 Å². The minimum Gasteiger partial charge on any atom is -0.396 e. The van der Waals surface area contributed by atoms with E-state index in [9.17, 15) is 0 Å². The number of aryl methyl sites for hydroxylation is 1. The maximum Gasteiger partial charge on any atom is 0.130 e. The molecule has 62 valence electrons. The van der Waals surface area contributed by atoms with Crippen LogP contribution in [0, 0.1) is 0 Å². The molecule has 0 bridgehead atoms. The van der Waals surface area contributed by atoms with Crippen molar-refractivity contribution >= 4 is 11.6 Å². The van der Waals surface area contributed by atoms with Crippen molar-refractivity contribution < 1.29 is 5.11 Å². The summed E-state index contributed by atoms with van der Waals surface area (Å²) in [6, 6.07) is 0. The maximum atomic E-state index is 8.63. The van der Waals surface area contributed by atoms with Gasteiger partial charge in [0.25, 0.3) is 0 Å². The third kappa shape index (κ3) is 1.73. The number of hydrogen-bond acceptors (Lipinski definition) is 2. The second-order valence-electron chi connectivity index (χ2n) is 2.25. The molecule has 1 N–H and O–H groups in total. The molecule has 0 aliphatic carbocycles. The Balaban J connectivity index is 2.82. The van der Waals surface area contributed by atoms with E-state index in [1.54, 1.807) is 10.9 Å². The summed E-state index contributed by atoms with van der Waals surface area (Å²) < 4.78 is 1.70. The number of halogens is 1. The normalized spacial score (nSPS) is 10.5. The van der Waals surface area contributed by atoms with Crippen LogP contribution in [0.3, 0.4) is 0 Å². The highest BCUT2D eigenvalue weighted by Crippen LogP contribution is 2.14. The molecule has 1 rings (SSSR count). The summed E-state index contributed by atoms with van der Waals surface area (Å²) in [5.41, 5.74) is 0.913. The highest BCUT2D eigenvalue weighted by atomic mass is 35.5. The third-order valence-corrected chi connectivity index (χ3v) is 1.96. The monoisotopic (exact) mass is 174 g/mol. The first-order chi connectivity index (χ1) is 5.29. The minimum atomic E-state index is 0.120. The quantitative estimate of drug-likeness (QED) is 0.745. The lowest BCUT2D eigenvalue weighted by Gasteiger charge is -1.97. The van der Waals surface area contributed by atoms with Gasteiger partial charge in [-0.2, -0.15) is 5.10 Å². The second-order valence-corrected chi connectivity index (χ2v) is 2.61. The van der Waals surface area contributed by atoms with Gasteiger partial charge in [-0.15, -0.1) is 0 Å². The van der Waals surface area contributed by atoms with Crippen LogP contribution in [-0.4, -0.2) is 21.5 Å². The zero-order valence-electron chi connectivity index (χ0n) is 6.42. The molecular weight excluding hydrogens is 164 g/mol. The van der Waals surface area contributed by atoms with Gasteiger partial charge in [0, 0.05) is 25.1 Å². The fraction of sp³-hybridized carbons (Fsp3) is 0.571. The van der Waals surface area contributed by atoms with Crippen molar-refractivity contribution in [3.05, 3.63) is 16.9 Å². The smallest absolute Gasteiger partial charge is 0.130 e. The Bertz CT molecular complexity index is 234. The van der Waals surface area contributed by atoms with Gasteiger partial charge in [0.05, 0.1) is 6.20 Å². The Kier molecular flexibility index (Phi) is 2.91. The zero-order valence-corrected chi connectivity index (χ0v) is 7.17. The van der Waals surface area contributed by atoms with E-state index in [2.05, 4.69) is 5.10 Å². The van der Waals surface area contributed by atoms with Crippen LogP contribution < -0.4 is 0 Å². The molecule has 0 aliphatic heterocycles. The minimum absolute atomic E-state index is 0.120. The molecule has 0 amide bonds. The summed E-state index contributed by atoms with van der Waals surface area (Å²) in [5, 5.41) is 13.3. The SMILES string of the molecule is CCn1ncc(CCO)c1Cl. The molecule has 4 heteroatoms. The van der Waals surface area contributed by atoms with E-state index in [0.29, 0.717) is 11.6 Å². The van der Waals surface area contributed by atoms with E-state index in [1.807, 2.05) is 6.92 Å². The summed E-state index contributed by atoms with van der Waals surface area (Å²) in [4.78, 5) is 0. The summed E-state index contributed by atoms with van der Waals surface area (Å²) >= 11 is 5.89. The molecule has 3 nitrogen and oxygen atoms in total. The van der Waals surface area contributed by atoms with Crippen molar-refractivity contribution in [2.75, 3.05) is 6.61 Å². The lowest BCUT2D eigenvalue weighted by atomic mass is 10.3. The molecule has 1 heterocycles. The molecule has 0 saturated carbocycles. The highest BCUT2D eigenvalue weighted by molar-refractivity contribution is 6.30. The van der Waals surface area contributed by atoms with Crippen molar-refractivity contribution in [3.63, 3.8) is 0 Å². The van der Waals surface area contributed by atoms with Crippen LogP contribution in [0.5, 0.6) is 0 Å². The molecule has 11 heavy (non-hydrogen) atoms. The van der Waals surface area contributed by atoms with Crippen LogP contribution in [0.4, 0.5) is 0 Å². The Morgan fingerprint density at radius 3 is 2.91 bits per heavy atom. The molecule has 0 atom stereocenters. The van der Waals surface area contributed by atoms with E-state index in [4.69, 9.17) is 16.7 Å². The molecule has 1 aromatic heterocycles. The van der Waals surface area contributed by atoms with Gasteiger partial charge in [-0.1, -0.05) is 11.6 Å². The lowest BCUT2D eigenvalue weighted by molar-refractivity contribution is 0.299. The third-order valence-electron chi connectivity index (χ3n) is 1.53. The predicted molar refractivity (Wildman–Crippen MR) is 43.7 cm³/mol.